The van der Waals surface area contributed by atoms with Crippen LogP contribution in [0.2, 0.25) is 0 Å². The average Bonchev–Trinajstić information content (AvgIpc) is 2.83. The first kappa shape index (κ1) is 13.3. The highest BCUT2D eigenvalue weighted by Gasteiger charge is 2.21. The van der Waals surface area contributed by atoms with Crippen LogP contribution < -0.4 is 5.73 Å². The highest BCUT2D eigenvalue weighted by Crippen LogP contribution is 2.33. The number of hydrogen-bond acceptors (Lipinski definition) is 3. The van der Waals surface area contributed by atoms with Gasteiger partial charge in [0.1, 0.15) is 5.69 Å². The van der Waals surface area contributed by atoms with E-state index in [1.54, 1.807) is 0 Å². The molecule has 0 saturated carbocycles. The van der Waals surface area contributed by atoms with Crippen LogP contribution in [0.3, 0.4) is 0 Å². The first-order valence-electron chi connectivity index (χ1n) is 6.14. The molecule has 0 aliphatic carbocycles. The van der Waals surface area contributed by atoms with Gasteiger partial charge in [-0.25, -0.2) is 0 Å². The van der Waals surface area contributed by atoms with Crippen LogP contribution in [0.4, 0.5) is 0 Å². The fourth-order valence-corrected chi connectivity index (χ4v) is 2.43. The molecule has 0 aliphatic rings. The Morgan fingerprint density at radius 1 is 0.895 bits per heavy atom. The molecule has 3 N–H and O–H groups in total. The third-order valence-corrected chi connectivity index (χ3v) is 4.02. The monoisotopic (exact) mass is 258 g/mol. The van der Waals surface area contributed by atoms with Crippen molar-refractivity contribution in [1.29, 1.82) is 0 Å². The van der Waals surface area contributed by atoms with Gasteiger partial charge < -0.3 is 5.73 Å². The number of nitrogens with zero attached hydrogens (tertiary/aromatic N) is 2. The van der Waals surface area contributed by atoms with E-state index in [0.29, 0.717) is 5.69 Å². The second-order valence-corrected chi connectivity index (χ2v) is 4.89. The number of aromatic amines is 1. The smallest absolute Gasteiger partial charge is 0.271 e. The van der Waals surface area contributed by atoms with Gasteiger partial charge in [-0.05, 0) is 62.4 Å². The van der Waals surface area contributed by atoms with Crippen molar-refractivity contribution in [2.45, 2.75) is 34.6 Å². The summed E-state index contributed by atoms with van der Waals surface area (Å²) in [5.41, 5.74) is 12.9. The molecule has 0 spiro atoms. The Morgan fingerprint density at radius 3 is 1.84 bits per heavy atom. The number of nitrogens with two attached hydrogens (primary N) is 1. The van der Waals surface area contributed by atoms with Crippen LogP contribution in [-0.4, -0.2) is 21.3 Å². The Hall–Kier alpha value is -2.17. The Bertz CT molecular complexity index is 641. The molecule has 1 amide bonds. The summed E-state index contributed by atoms with van der Waals surface area (Å²) in [6, 6.07) is 0. The zero-order valence-electron chi connectivity index (χ0n) is 11.9. The lowest BCUT2D eigenvalue weighted by molar-refractivity contribution is 0.0996. The van der Waals surface area contributed by atoms with Crippen LogP contribution in [0.1, 0.15) is 38.3 Å². The molecule has 0 bridgehead atoms. The summed E-state index contributed by atoms with van der Waals surface area (Å²) in [6.07, 6.45) is 0. The van der Waals surface area contributed by atoms with E-state index >= 15 is 0 Å². The number of primary amides is 1. The minimum absolute atomic E-state index is 0.189. The van der Waals surface area contributed by atoms with Gasteiger partial charge in [0.25, 0.3) is 5.91 Å². The van der Waals surface area contributed by atoms with E-state index in [4.69, 9.17) is 5.73 Å². The molecule has 19 heavy (non-hydrogen) atoms. The average molecular weight is 258 g/mol. The minimum Gasteiger partial charge on any atom is -0.364 e. The van der Waals surface area contributed by atoms with E-state index < -0.39 is 5.91 Å². The molecule has 1 heterocycles. The summed E-state index contributed by atoms with van der Waals surface area (Å²) in [7, 11) is 0. The number of benzene rings is 1. The second kappa shape index (κ2) is 4.50. The van der Waals surface area contributed by atoms with Crippen molar-refractivity contribution in [2.75, 3.05) is 0 Å². The van der Waals surface area contributed by atoms with Crippen LogP contribution in [0.5, 0.6) is 0 Å². The van der Waals surface area contributed by atoms with Gasteiger partial charge in [-0.1, -0.05) is 0 Å². The Labute approximate surface area is 112 Å². The van der Waals surface area contributed by atoms with Crippen molar-refractivity contribution in [3.05, 3.63) is 33.5 Å². The maximum absolute atomic E-state index is 11.4. The maximum Gasteiger partial charge on any atom is 0.271 e. The van der Waals surface area contributed by atoms with Gasteiger partial charge in [-0.15, -0.1) is 0 Å². The molecule has 0 saturated heterocycles. The lowest BCUT2D eigenvalue weighted by Crippen LogP contribution is -2.13. The zero-order valence-corrected chi connectivity index (χ0v) is 11.9. The number of rotatable bonds is 2. The van der Waals surface area contributed by atoms with E-state index in [1.807, 2.05) is 13.8 Å². The summed E-state index contributed by atoms with van der Waals surface area (Å²) >= 11 is 0. The van der Waals surface area contributed by atoms with Crippen LogP contribution in [0, 0.1) is 34.6 Å². The molecule has 5 heteroatoms. The third kappa shape index (κ3) is 1.91. The van der Waals surface area contributed by atoms with Gasteiger partial charge in [-0.2, -0.15) is 15.4 Å². The Morgan fingerprint density at radius 2 is 1.37 bits per heavy atom. The normalized spacial score (nSPS) is 10.8. The third-order valence-electron chi connectivity index (χ3n) is 4.02. The van der Waals surface area contributed by atoms with Crippen LogP contribution in [0.15, 0.2) is 0 Å². The quantitative estimate of drug-likeness (QED) is 0.865. The maximum atomic E-state index is 11.4. The minimum atomic E-state index is -0.571. The lowest BCUT2D eigenvalue weighted by Gasteiger charge is -2.17. The largest absolute Gasteiger partial charge is 0.364 e. The van der Waals surface area contributed by atoms with Crippen molar-refractivity contribution in [3.8, 4) is 11.3 Å². The highest BCUT2D eigenvalue weighted by molar-refractivity contribution is 5.97. The number of hydrogen-bond donors (Lipinski definition) is 2. The first-order valence-corrected chi connectivity index (χ1v) is 6.14. The number of aromatic nitrogens is 3. The number of H-pyrrole nitrogens is 1. The number of nitrogens with one attached hydrogen (secondary N) is 1. The predicted octanol–water partition coefficient (Wildman–Crippen LogP) is 2.11. The second-order valence-electron chi connectivity index (χ2n) is 4.89. The van der Waals surface area contributed by atoms with Crippen molar-refractivity contribution in [2.24, 2.45) is 5.73 Å². The van der Waals surface area contributed by atoms with Gasteiger partial charge in [0.2, 0.25) is 0 Å². The van der Waals surface area contributed by atoms with E-state index in [2.05, 4.69) is 36.2 Å². The molecule has 0 fully saturated rings. The summed E-state index contributed by atoms with van der Waals surface area (Å²) in [6.45, 7) is 10.3. The molecular formula is C14H18N4O. The summed E-state index contributed by atoms with van der Waals surface area (Å²) in [5, 5.41) is 10.4. The van der Waals surface area contributed by atoms with Crippen LogP contribution in [0.25, 0.3) is 11.3 Å². The molecule has 100 valence electrons. The zero-order chi connectivity index (χ0) is 14.3. The summed E-state index contributed by atoms with van der Waals surface area (Å²) in [4.78, 5) is 11.4. The molecule has 0 aliphatic heterocycles. The van der Waals surface area contributed by atoms with Crippen molar-refractivity contribution in [1.82, 2.24) is 15.4 Å². The molecule has 1 aromatic carbocycles. The fraction of sp³-hybridized carbons (Fsp3) is 0.357. The number of carbonyl (C=O) groups is 1. The van der Waals surface area contributed by atoms with E-state index in [1.165, 1.54) is 16.7 Å². The molecule has 1 aromatic heterocycles. The molecule has 2 aromatic rings. The molecule has 2 rings (SSSR count). The van der Waals surface area contributed by atoms with Gasteiger partial charge in [0.15, 0.2) is 5.69 Å². The van der Waals surface area contributed by atoms with E-state index in [0.717, 1.165) is 16.7 Å². The Kier molecular flexibility index (Phi) is 3.14. The van der Waals surface area contributed by atoms with Crippen molar-refractivity contribution >= 4 is 5.91 Å². The van der Waals surface area contributed by atoms with E-state index in [9.17, 15) is 4.79 Å². The van der Waals surface area contributed by atoms with Crippen LogP contribution >= 0.6 is 0 Å². The molecule has 0 unspecified atom stereocenters. The van der Waals surface area contributed by atoms with E-state index in [-0.39, 0.29) is 5.69 Å². The Balaban J connectivity index is 2.83. The molecule has 0 radical (unpaired) electrons. The molecule has 5 nitrogen and oxygen atoms in total. The molecule has 0 atom stereocenters. The van der Waals surface area contributed by atoms with Crippen molar-refractivity contribution < 1.29 is 4.79 Å². The molecular weight excluding hydrogens is 240 g/mol. The number of amides is 1. The fourth-order valence-electron chi connectivity index (χ4n) is 2.43. The SMILES string of the molecule is Cc1c(C)c(C)c(-c2n[nH]nc2C(N)=O)c(C)c1C. The first-order chi connectivity index (χ1) is 8.86. The van der Waals surface area contributed by atoms with Gasteiger partial charge in [0.05, 0.1) is 0 Å². The van der Waals surface area contributed by atoms with Crippen molar-refractivity contribution in [3.63, 3.8) is 0 Å². The standard InChI is InChI=1S/C14H18N4O/c1-6-7(2)9(4)11(10(5)8(6)3)12-13(14(15)19)17-18-16-12/h1-5H3,(H2,15,19)(H,16,17,18). The summed E-state index contributed by atoms with van der Waals surface area (Å²) in [5.74, 6) is -0.571. The lowest BCUT2D eigenvalue weighted by atomic mass is 9.87. The predicted molar refractivity (Wildman–Crippen MR) is 74.0 cm³/mol. The van der Waals surface area contributed by atoms with Gasteiger partial charge in [0, 0.05) is 5.56 Å². The highest BCUT2D eigenvalue weighted by atomic mass is 16.1. The van der Waals surface area contributed by atoms with Crippen LogP contribution in [-0.2, 0) is 0 Å². The number of carbonyl (C=O) groups excluding carboxylic acids is 1. The topological polar surface area (TPSA) is 84.7 Å². The summed E-state index contributed by atoms with van der Waals surface area (Å²) < 4.78 is 0. The van der Waals surface area contributed by atoms with Gasteiger partial charge >= 0.3 is 0 Å². The van der Waals surface area contributed by atoms with Gasteiger partial charge in [-0.3, -0.25) is 4.79 Å².